The van der Waals surface area contributed by atoms with E-state index in [0.29, 0.717) is 5.92 Å². The van der Waals surface area contributed by atoms with E-state index in [4.69, 9.17) is 0 Å². The lowest BCUT2D eigenvalue weighted by Gasteiger charge is -2.21. The highest BCUT2D eigenvalue weighted by Crippen LogP contribution is 2.22. The first-order valence-electron chi connectivity index (χ1n) is 6.51. The molecule has 92 valence electrons. The summed E-state index contributed by atoms with van der Waals surface area (Å²) < 4.78 is 0. The number of nitrogens with one attached hydrogen (secondary N) is 1. The molecule has 1 aliphatic rings. The first kappa shape index (κ1) is 11.4. The summed E-state index contributed by atoms with van der Waals surface area (Å²) in [5.41, 5.74) is 3.18. The van der Waals surface area contributed by atoms with E-state index in [1.165, 1.54) is 12.8 Å². The summed E-state index contributed by atoms with van der Waals surface area (Å²) in [7, 11) is 0. The van der Waals surface area contributed by atoms with Crippen molar-refractivity contribution in [3.63, 3.8) is 0 Å². The zero-order valence-electron chi connectivity index (χ0n) is 10.3. The fourth-order valence-corrected chi connectivity index (χ4v) is 2.41. The molecule has 1 aromatic carbocycles. The lowest BCUT2D eigenvalue weighted by Crippen LogP contribution is -2.28. The topological polar surface area (TPSA) is 37.8 Å². The second-order valence-electron chi connectivity index (χ2n) is 4.74. The molecule has 3 rings (SSSR count). The van der Waals surface area contributed by atoms with Gasteiger partial charge in [0, 0.05) is 24.2 Å². The van der Waals surface area contributed by atoms with Crippen molar-refractivity contribution in [3.8, 4) is 11.3 Å². The molecule has 0 amide bonds. The predicted octanol–water partition coefficient (Wildman–Crippen LogP) is 2.61. The van der Waals surface area contributed by atoms with Gasteiger partial charge in [0.05, 0.1) is 17.6 Å². The third-order valence-corrected chi connectivity index (χ3v) is 3.46. The lowest BCUT2D eigenvalue weighted by atomic mass is 9.96. The Balaban J connectivity index is 1.80. The van der Waals surface area contributed by atoms with Crippen LogP contribution in [-0.2, 0) is 0 Å². The number of hydrogen-bond donors (Lipinski definition) is 1. The van der Waals surface area contributed by atoms with Gasteiger partial charge in [0.25, 0.3) is 0 Å². The van der Waals surface area contributed by atoms with Crippen LogP contribution in [0.5, 0.6) is 0 Å². The fourth-order valence-electron chi connectivity index (χ4n) is 2.41. The fraction of sp³-hybridized carbons (Fsp3) is 0.333. The SMILES string of the molecule is c1ccc(-c2cnc(C3CCCNC3)cn2)cc1. The summed E-state index contributed by atoms with van der Waals surface area (Å²) in [4.78, 5) is 9.11. The van der Waals surface area contributed by atoms with Crippen molar-refractivity contribution >= 4 is 0 Å². The number of hydrogen-bond acceptors (Lipinski definition) is 3. The van der Waals surface area contributed by atoms with E-state index in [9.17, 15) is 0 Å². The highest BCUT2D eigenvalue weighted by Gasteiger charge is 2.16. The van der Waals surface area contributed by atoms with Gasteiger partial charge >= 0.3 is 0 Å². The van der Waals surface area contributed by atoms with Crippen molar-refractivity contribution < 1.29 is 0 Å². The van der Waals surface area contributed by atoms with Crippen molar-refractivity contribution in [2.24, 2.45) is 0 Å². The van der Waals surface area contributed by atoms with Crippen LogP contribution in [0.25, 0.3) is 11.3 Å². The van der Waals surface area contributed by atoms with E-state index in [-0.39, 0.29) is 0 Å². The first-order chi connectivity index (χ1) is 8.93. The molecule has 0 aliphatic carbocycles. The van der Waals surface area contributed by atoms with Gasteiger partial charge in [0.1, 0.15) is 0 Å². The van der Waals surface area contributed by atoms with E-state index >= 15 is 0 Å². The summed E-state index contributed by atoms with van der Waals surface area (Å²) in [6, 6.07) is 10.2. The minimum absolute atomic E-state index is 0.524. The Morgan fingerprint density at radius 1 is 1.06 bits per heavy atom. The molecule has 0 radical (unpaired) electrons. The van der Waals surface area contributed by atoms with Gasteiger partial charge in [-0.05, 0) is 19.4 Å². The Kier molecular flexibility index (Phi) is 3.33. The van der Waals surface area contributed by atoms with Crippen LogP contribution in [-0.4, -0.2) is 23.1 Å². The van der Waals surface area contributed by atoms with Crippen LogP contribution in [0.15, 0.2) is 42.7 Å². The molecular formula is C15H17N3. The minimum Gasteiger partial charge on any atom is -0.316 e. The Hall–Kier alpha value is -1.74. The van der Waals surface area contributed by atoms with Gasteiger partial charge in [-0.25, -0.2) is 0 Å². The Morgan fingerprint density at radius 3 is 2.61 bits per heavy atom. The predicted molar refractivity (Wildman–Crippen MR) is 72.3 cm³/mol. The van der Waals surface area contributed by atoms with Crippen molar-refractivity contribution in [3.05, 3.63) is 48.4 Å². The van der Waals surface area contributed by atoms with Crippen LogP contribution in [0.1, 0.15) is 24.5 Å². The molecule has 2 aromatic rings. The molecule has 0 spiro atoms. The van der Waals surface area contributed by atoms with Crippen LogP contribution in [0, 0.1) is 0 Å². The molecule has 1 fully saturated rings. The first-order valence-corrected chi connectivity index (χ1v) is 6.51. The normalized spacial score (nSPS) is 19.7. The lowest BCUT2D eigenvalue weighted by molar-refractivity contribution is 0.454. The number of benzene rings is 1. The van der Waals surface area contributed by atoms with Gasteiger partial charge in [-0.3, -0.25) is 9.97 Å². The number of nitrogens with zero attached hydrogens (tertiary/aromatic N) is 2. The van der Waals surface area contributed by atoms with E-state index in [0.717, 1.165) is 30.0 Å². The molecule has 18 heavy (non-hydrogen) atoms. The molecule has 1 aromatic heterocycles. The number of rotatable bonds is 2. The van der Waals surface area contributed by atoms with Crippen LogP contribution >= 0.6 is 0 Å². The molecule has 1 aliphatic heterocycles. The van der Waals surface area contributed by atoms with Gasteiger partial charge < -0.3 is 5.32 Å². The Labute approximate surface area is 107 Å². The van der Waals surface area contributed by atoms with Crippen LogP contribution in [0.3, 0.4) is 0 Å². The molecule has 1 atom stereocenters. The quantitative estimate of drug-likeness (QED) is 0.875. The zero-order valence-corrected chi connectivity index (χ0v) is 10.3. The monoisotopic (exact) mass is 239 g/mol. The average Bonchev–Trinajstić information content (AvgIpc) is 2.49. The highest BCUT2D eigenvalue weighted by molar-refractivity contribution is 5.57. The summed E-state index contributed by atoms with van der Waals surface area (Å²) in [6.07, 6.45) is 6.26. The smallest absolute Gasteiger partial charge is 0.0885 e. The summed E-state index contributed by atoms with van der Waals surface area (Å²) >= 11 is 0. The van der Waals surface area contributed by atoms with E-state index in [1.54, 1.807) is 0 Å². The van der Waals surface area contributed by atoms with E-state index in [2.05, 4.69) is 27.4 Å². The number of aromatic nitrogens is 2. The molecule has 1 unspecified atom stereocenters. The highest BCUT2D eigenvalue weighted by atomic mass is 14.9. The third kappa shape index (κ3) is 2.41. The van der Waals surface area contributed by atoms with E-state index < -0.39 is 0 Å². The number of piperidine rings is 1. The molecule has 1 N–H and O–H groups in total. The standard InChI is InChI=1S/C15H17N3/c1-2-5-12(6-3-1)14-10-18-15(11-17-14)13-7-4-8-16-9-13/h1-3,5-6,10-11,13,16H,4,7-9H2. The maximum absolute atomic E-state index is 4.58. The minimum atomic E-state index is 0.524. The zero-order chi connectivity index (χ0) is 12.2. The molecule has 0 saturated carbocycles. The van der Waals surface area contributed by atoms with Crippen molar-refractivity contribution in [2.75, 3.05) is 13.1 Å². The maximum Gasteiger partial charge on any atom is 0.0885 e. The molecule has 0 bridgehead atoms. The molecule has 2 heterocycles. The van der Waals surface area contributed by atoms with Gasteiger partial charge in [-0.2, -0.15) is 0 Å². The average molecular weight is 239 g/mol. The van der Waals surface area contributed by atoms with Crippen molar-refractivity contribution in [2.45, 2.75) is 18.8 Å². The van der Waals surface area contributed by atoms with Crippen molar-refractivity contribution in [1.82, 2.24) is 15.3 Å². The van der Waals surface area contributed by atoms with Crippen LogP contribution in [0.2, 0.25) is 0 Å². The Morgan fingerprint density at radius 2 is 1.94 bits per heavy atom. The van der Waals surface area contributed by atoms with Crippen LogP contribution < -0.4 is 5.32 Å². The largest absolute Gasteiger partial charge is 0.316 e. The van der Waals surface area contributed by atoms with Crippen molar-refractivity contribution in [1.29, 1.82) is 0 Å². The van der Waals surface area contributed by atoms with Crippen LogP contribution in [0.4, 0.5) is 0 Å². The van der Waals surface area contributed by atoms with Gasteiger partial charge in [0.15, 0.2) is 0 Å². The second-order valence-corrected chi connectivity index (χ2v) is 4.74. The second kappa shape index (κ2) is 5.27. The van der Waals surface area contributed by atoms with Gasteiger partial charge in [0.2, 0.25) is 0 Å². The van der Waals surface area contributed by atoms with E-state index in [1.807, 2.05) is 30.6 Å². The molecular weight excluding hydrogens is 222 g/mol. The summed E-state index contributed by atoms with van der Waals surface area (Å²) in [5, 5.41) is 3.41. The molecule has 3 nitrogen and oxygen atoms in total. The summed E-state index contributed by atoms with van der Waals surface area (Å²) in [5.74, 6) is 0.524. The maximum atomic E-state index is 4.58. The Bertz CT molecular complexity index is 487. The van der Waals surface area contributed by atoms with Gasteiger partial charge in [-0.1, -0.05) is 30.3 Å². The molecule has 3 heteroatoms. The summed E-state index contributed by atoms with van der Waals surface area (Å²) in [6.45, 7) is 2.16. The van der Waals surface area contributed by atoms with Gasteiger partial charge in [-0.15, -0.1) is 0 Å². The molecule has 1 saturated heterocycles. The third-order valence-electron chi connectivity index (χ3n) is 3.46.